The number of pyridine rings is 1. The lowest BCUT2D eigenvalue weighted by Gasteiger charge is -2.21. The van der Waals surface area contributed by atoms with E-state index in [9.17, 15) is 0 Å². The molecular formula is C13H24N4. The van der Waals surface area contributed by atoms with Gasteiger partial charge in [-0.05, 0) is 51.2 Å². The Balaban J connectivity index is 2.59. The summed E-state index contributed by atoms with van der Waals surface area (Å²) in [5.41, 5.74) is 7.88. The second-order valence-corrected chi connectivity index (χ2v) is 4.77. The summed E-state index contributed by atoms with van der Waals surface area (Å²) in [6, 6.07) is 2.12. The van der Waals surface area contributed by atoms with Crippen LogP contribution in [0.3, 0.4) is 0 Å². The van der Waals surface area contributed by atoms with Crippen molar-refractivity contribution in [2.45, 2.75) is 19.9 Å². The molecule has 4 nitrogen and oxygen atoms in total. The minimum atomic E-state index is 0.554. The van der Waals surface area contributed by atoms with Gasteiger partial charge in [-0.3, -0.25) is 0 Å². The Labute approximate surface area is 104 Å². The van der Waals surface area contributed by atoms with E-state index in [0.29, 0.717) is 6.54 Å². The molecule has 96 valence electrons. The molecule has 0 amide bonds. The quantitative estimate of drug-likeness (QED) is 0.807. The van der Waals surface area contributed by atoms with E-state index in [-0.39, 0.29) is 0 Å². The standard InChI is InChI=1S/C13H24N4/c1-11-8-12(9-14)10-15-13(11)17(4)7-5-6-16(2)3/h8,10H,5-7,9,14H2,1-4H3. The molecule has 2 N–H and O–H groups in total. The van der Waals surface area contributed by atoms with Crippen LogP contribution in [0.5, 0.6) is 0 Å². The summed E-state index contributed by atoms with van der Waals surface area (Å²) in [6.45, 7) is 4.76. The van der Waals surface area contributed by atoms with E-state index in [1.165, 1.54) is 5.56 Å². The van der Waals surface area contributed by atoms with Crippen molar-refractivity contribution in [2.75, 3.05) is 39.1 Å². The molecule has 1 aromatic heterocycles. The normalized spacial score (nSPS) is 10.9. The van der Waals surface area contributed by atoms with Gasteiger partial charge in [0.05, 0.1) is 0 Å². The number of nitrogens with zero attached hydrogens (tertiary/aromatic N) is 3. The molecule has 17 heavy (non-hydrogen) atoms. The van der Waals surface area contributed by atoms with E-state index in [4.69, 9.17) is 5.73 Å². The number of aromatic nitrogens is 1. The van der Waals surface area contributed by atoms with Crippen LogP contribution in [0, 0.1) is 6.92 Å². The topological polar surface area (TPSA) is 45.4 Å². The predicted octanol–water partition coefficient (Wildman–Crippen LogP) is 1.24. The predicted molar refractivity (Wildman–Crippen MR) is 73.3 cm³/mol. The van der Waals surface area contributed by atoms with E-state index >= 15 is 0 Å². The van der Waals surface area contributed by atoms with Gasteiger partial charge in [-0.1, -0.05) is 0 Å². The van der Waals surface area contributed by atoms with Crippen molar-refractivity contribution in [1.29, 1.82) is 0 Å². The van der Waals surface area contributed by atoms with E-state index in [1.807, 2.05) is 6.20 Å². The van der Waals surface area contributed by atoms with Crippen molar-refractivity contribution < 1.29 is 0 Å². The van der Waals surface area contributed by atoms with Crippen LogP contribution < -0.4 is 10.6 Å². The van der Waals surface area contributed by atoms with E-state index in [2.05, 4.69) is 48.9 Å². The van der Waals surface area contributed by atoms with E-state index < -0.39 is 0 Å². The lowest BCUT2D eigenvalue weighted by atomic mass is 10.2. The number of hydrogen-bond acceptors (Lipinski definition) is 4. The highest BCUT2D eigenvalue weighted by Gasteiger charge is 2.06. The maximum atomic E-state index is 5.60. The minimum Gasteiger partial charge on any atom is -0.359 e. The van der Waals surface area contributed by atoms with Crippen LogP contribution in [-0.4, -0.2) is 44.1 Å². The van der Waals surface area contributed by atoms with Crippen molar-refractivity contribution in [3.05, 3.63) is 23.4 Å². The largest absolute Gasteiger partial charge is 0.359 e. The molecule has 1 heterocycles. The number of rotatable bonds is 6. The number of aryl methyl sites for hydroxylation is 1. The SMILES string of the molecule is Cc1cc(CN)cnc1N(C)CCCN(C)C. The zero-order chi connectivity index (χ0) is 12.8. The van der Waals surface area contributed by atoms with Gasteiger partial charge < -0.3 is 15.5 Å². The van der Waals surface area contributed by atoms with Gasteiger partial charge in [-0.25, -0.2) is 4.98 Å². The van der Waals surface area contributed by atoms with Gasteiger partial charge in [0.15, 0.2) is 0 Å². The van der Waals surface area contributed by atoms with Gasteiger partial charge in [0.1, 0.15) is 5.82 Å². The van der Waals surface area contributed by atoms with Crippen LogP contribution in [0.15, 0.2) is 12.3 Å². The Bertz CT molecular complexity index is 349. The zero-order valence-corrected chi connectivity index (χ0v) is 11.4. The molecule has 0 aromatic carbocycles. The Morgan fingerprint density at radius 3 is 2.47 bits per heavy atom. The lowest BCUT2D eigenvalue weighted by Crippen LogP contribution is -2.24. The third kappa shape index (κ3) is 4.32. The van der Waals surface area contributed by atoms with Gasteiger partial charge >= 0.3 is 0 Å². The molecular weight excluding hydrogens is 212 g/mol. The van der Waals surface area contributed by atoms with Gasteiger partial charge in [0, 0.05) is 26.3 Å². The molecule has 1 rings (SSSR count). The van der Waals surface area contributed by atoms with Gasteiger partial charge in [-0.15, -0.1) is 0 Å². The fraction of sp³-hybridized carbons (Fsp3) is 0.615. The average molecular weight is 236 g/mol. The molecule has 0 bridgehead atoms. The lowest BCUT2D eigenvalue weighted by molar-refractivity contribution is 0.401. The first-order valence-corrected chi connectivity index (χ1v) is 6.06. The Hall–Kier alpha value is -1.13. The fourth-order valence-corrected chi connectivity index (χ4v) is 1.87. The Morgan fingerprint density at radius 2 is 1.94 bits per heavy atom. The summed E-state index contributed by atoms with van der Waals surface area (Å²) in [7, 11) is 6.28. The summed E-state index contributed by atoms with van der Waals surface area (Å²) in [6.07, 6.45) is 3.01. The molecule has 0 atom stereocenters. The Morgan fingerprint density at radius 1 is 1.24 bits per heavy atom. The van der Waals surface area contributed by atoms with Crippen LogP contribution in [0.2, 0.25) is 0 Å². The molecule has 0 unspecified atom stereocenters. The van der Waals surface area contributed by atoms with Crippen LogP contribution >= 0.6 is 0 Å². The second-order valence-electron chi connectivity index (χ2n) is 4.77. The first-order chi connectivity index (χ1) is 8.04. The van der Waals surface area contributed by atoms with Gasteiger partial charge in [0.2, 0.25) is 0 Å². The van der Waals surface area contributed by atoms with Crippen LogP contribution in [-0.2, 0) is 6.54 Å². The molecule has 0 fully saturated rings. The maximum Gasteiger partial charge on any atom is 0.131 e. The summed E-state index contributed by atoms with van der Waals surface area (Å²) in [5, 5.41) is 0. The summed E-state index contributed by atoms with van der Waals surface area (Å²) >= 11 is 0. The van der Waals surface area contributed by atoms with Crippen molar-refractivity contribution in [3.63, 3.8) is 0 Å². The summed E-state index contributed by atoms with van der Waals surface area (Å²) < 4.78 is 0. The monoisotopic (exact) mass is 236 g/mol. The summed E-state index contributed by atoms with van der Waals surface area (Å²) in [4.78, 5) is 8.89. The van der Waals surface area contributed by atoms with Crippen molar-refractivity contribution in [1.82, 2.24) is 9.88 Å². The number of nitrogens with two attached hydrogens (primary N) is 1. The van der Waals surface area contributed by atoms with E-state index in [0.717, 1.165) is 30.9 Å². The second kappa shape index (κ2) is 6.57. The van der Waals surface area contributed by atoms with Gasteiger partial charge in [0.25, 0.3) is 0 Å². The highest BCUT2D eigenvalue weighted by molar-refractivity contribution is 5.46. The smallest absolute Gasteiger partial charge is 0.131 e. The molecule has 0 spiro atoms. The van der Waals surface area contributed by atoms with Crippen molar-refractivity contribution in [2.24, 2.45) is 5.73 Å². The minimum absolute atomic E-state index is 0.554. The maximum absolute atomic E-state index is 5.60. The first kappa shape index (κ1) is 13.9. The molecule has 0 aliphatic rings. The molecule has 0 saturated carbocycles. The highest BCUT2D eigenvalue weighted by atomic mass is 15.2. The number of anilines is 1. The highest BCUT2D eigenvalue weighted by Crippen LogP contribution is 2.16. The third-order valence-corrected chi connectivity index (χ3v) is 2.80. The van der Waals surface area contributed by atoms with Crippen LogP contribution in [0.25, 0.3) is 0 Å². The Kier molecular flexibility index (Phi) is 5.38. The molecule has 4 heteroatoms. The first-order valence-electron chi connectivity index (χ1n) is 6.06. The average Bonchev–Trinajstić information content (AvgIpc) is 2.28. The van der Waals surface area contributed by atoms with Crippen molar-refractivity contribution in [3.8, 4) is 0 Å². The van der Waals surface area contributed by atoms with E-state index in [1.54, 1.807) is 0 Å². The van der Waals surface area contributed by atoms with Gasteiger partial charge in [-0.2, -0.15) is 0 Å². The number of hydrogen-bond donors (Lipinski definition) is 1. The molecule has 0 aliphatic carbocycles. The molecule has 0 saturated heterocycles. The molecule has 0 radical (unpaired) electrons. The molecule has 0 aliphatic heterocycles. The fourth-order valence-electron chi connectivity index (χ4n) is 1.87. The summed E-state index contributed by atoms with van der Waals surface area (Å²) in [5.74, 6) is 1.06. The van der Waals surface area contributed by atoms with Crippen LogP contribution in [0.4, 0.5) is 5.82 Å². The third-order valence-electron chi connectivity index (χ3n) is 2.80. The zero-order valence-electron chi connectivity index (χ0n) is 11.4. The van der Waals surface area contributed by atoms with Crippen molar-refractivity contribution >= 4 is 5.82 Å². The van der Waals surface area contributed by atoms with Crippen LogP contribution in [0.1, 0.15) is 17.5 Å². The molecule has 1 aromatic rings.